The maximum absolute atomic E-state index is 11.5. The Labute approximate surface area is 96.8 Å². The summed E-state index contributed by atoms with van der Waals surface area (Å²) in [6.45, 7) is 1.96. The van der Waals surface area contributed by atoms with Crippen molar-refractivity contribution in [2.45, 2.75) is 6.92 Å². The summed E-state index contributed by atoms with van der Waals surface area (Å²) in [5.41, 5.74) is 0.698. The molecule has 2 aromatic rings. The van der Waals surface area contributed by atoms with Gasteiger partial charge in [-0.3, -0.25) is 0 Å². The topological polar surface area (TPSA) is 62.3 Å². The van der Waals surface area contributed by atoms with Crippen LogP contribution in [0.15, 0.2) is 18.2 Å². The van der Waals surface area contributed by atoms with Crippen LogP contribution in [-0.4, -0.2) is 22.7 Å². The van der Waals surface area contributed by atoms with Gasteiger partial charge in [0.05, 0.1) is 6.61 Å². The van der Waals surface area contributed by atoms with Gasteiger partial charge < -0.3 is 14.8 Å². The second-order valence-corrected chi connectivity index (χ2v) is 3.70. The lowest BCUT2D eigenvalue weighted by atomic mass is 10.2. The van der Waals surface area contributed by atoms with Crippen LogP contribution in [0.4, 0.5) is 0 Å². The zero-order valence-electron chi connectivity index (χ0n) is 8.58. The number of nitrogens with one attached hydrogen (secondary N) is 1. The monoisotopic (exact) mass is 239 g/mol. The number of H-pyrrole nitrogens is 1. The predicted molar refractivity (Wildman–Crippen MR) is 60.9 cm³/mol. The number of hydrogen-bond acceptors (Lipinski definition) is 3. The van der Waals surface area contributed by atoms with E-state index in [0.29, 0.717) is 15.9 Å². The van der Waals surface area contributed by atoms with Crippen LogP contribution in [0, 0.1) is 0 Å². The minimum atomic E-state index is -0.577. The molecule has 5 heteroatoms. The SMILES string of the molecule is CCOC(=O)c1[nH]c2ccc(Cl)cc2c1O. The quantitative estimate of drug-likeness (QED) is 0.792. The van der Waals surface area contributed by atoms with Crippen LogP contribution in [0.2, 0.25) is 5.02 Å². The van der Waals surface area contributed by atoms with Crippen LogP contribution in [0.1, 0.15) is 17.4 Å². The van der Waals surface area contributed by atoms with Crippen molar-refractivity contribution in [1.82, 2.24) is 4.98 Å². The average molecular weight is 240 g/mol. The van der Waals surface area contributed by atoms with Crippen molar-refractivity contribution in [3.8, 4) is 5.75 Å². The fourth-order valence-corrected chi connectivity index (χ4v) is 1.67. The summed E-state index contributed by atoms with van der Waals surface area (Å²) in [6, 6.07) is 4.96. The van der Waals surface area contributed by atoms with Gasteiger partial charge in [0.15, 0.2) is 11.4 Å². The third-order valence-electron chi connectivity index (χ3n) is 2.21. The Bertz CT molecular complexity index is 547. The largest absolute Gasteiger partial charge is 0.505 e. The van der Waals surface area contributed by atoms with Crippen LogP contribution in [0.3, 0.4) is 0 Å². The van der Waals surface area contributed by atoms with Crippen molar-refractivity contribution in [2.75, 3.05) is 6.61 Å². The summed E-state index contributed by atoms with van der Waals surface area (Å²) in [7, 11) is 0. The molecule has 16 heavy (non-hydrogen) atoms. The van der Waals surface area contributed by atoms with Crippen LogP contribution < -0.4 is 0 Å². The fraction of sp³-hybridized carbons (Fsp3) is 0.182. The van der Waals surface area contributed by atoms with E-state index in [4.69, 9.17) is 16.3 Å². The molecule has 0 bridgehead atoms. The number of rotatable bonds is 2. The highest BCUT2D eigenvalue weighted by molar-refractivity contribution is 6.31. The lowest BCUT2D eigenvalue weighted by Gasteiger charge is -1.98. The lowest BCUT2D eigenvalue weighted by Crippen LogP contribution is -2.04. The first kappa shape index (κ1) is 10.8. The molecule has 0 atom stereocenters. The maximum atomic E-state index is 11.5. The van der Waals surface area contributed by atoms with E-state index in [1.165, 1.54) is 0 Å². The van der Waals surface area contributed by atoms with E-state index < -0.39 is 5.97 Å². The molecule has 2 N–H and O–H groups in total. The second-order valence-electron chi connectivity index (χ2n) is 3.26. The van der Waals surface area contributed by atoms with E-state index in [1.807, 2.05) is 0 Å². The Kier molecular flexibility index (Phi) is 2.75. The van der Waals surface area contributed by atoms with Gasteiger partial charge in [0.2, 0.25) is 0 Å². The number of benzene rings is 1. The van der Waals surface area contributed by atoms with Gasteiger partial charge in [-0.15, -0.1) is 0 Å². The normalized spacial score (nSPS) is 10.6. The third kappa shape index (κ3) is 1.72. The number of carbonyl (C=O) groups excluding carboxylic acids is 1. The summed E-state index contributed by atoms with van der Waals surface area (Å²) < 4.78 is 4.81. The molecule has 0 fully saturated rings. The van der Waals surface area contributed by atoms with Gasteiger partial charge in [0.1, 0.15) is 0 Å². The number of aromatic hydroxyl groups is 1. The minimum Gasteiger partial charge on any atom is -0.505 e. The molecule has 0 saturated heterocycles. The zero-order chi connectivity index (χ0) is 11.7. The standard InChI is InChI=1S/C11H10ClNO3/c1-2-16-11(15)9-10(14)7-5-6(12)3-4-8(7)13-9/h3-5,13-14H,2H2,1H3. The van der Waals surface area contributed by atoms with Crippen LogP contribution in [0.5, 0.6) is 5.75 Å². The van der Waals surface area contributed by atoms with Crippen LogP contribution in [0.25, 0.3) is 10.9 Å². The lowest BCUT2D eigenvalue weighted by molar-refractivity contribution is 0.0517. The molecule has 0 unspecified atom stereocenters. The van der Waals surface area contributed by atoms with E-state index in [-0.39, 0.29) is 18.1 Å². The van der Waals surface area contributed by atoms with Gasteiger partial charge in [0, 0.05) is 15.9 Å². The Hall–Kier alpha value is -1.68. The van der Waals surface area contributed by atoms with Crippen LogP contribution >= 0.6 is 11.6 Å². The molecule has 2 rings (SSSR count). The highest BCUT2D eigenvalue weighted by Gasteiger charge is 2.18. The summed E-state index contributed by atoms with van der Waals surface area (Å²) in [6.07, 6.45) is 0. The molecular formula is C11H10ClNO3. The van der Waals surface area contributed by atoms with Gasteiger partial charge in [0.25, 0.3) is 0 Å². The molecule has 0 saturated carbocycles. The van der Waals surface area contributed by atoms with Crippen molar-refractivity contribution in [2.24, 2.45) is 0 Å². The summed E-state index contributed by atoms with van der Waals surface area (Å²) in [5, 5.41) is 10.8. The van der Waals surface area contributed by atoms with E-state index in [1.54, 1.807) is 25.1 Å². The first-order valence-corrected chi connectivity index (χ1v) is 5.18. The van der Waals surface area contributed by atoms with Gasteiger partial charge in [-0.2, -0.15) is 0 Å². The first-order valence-electron chi connectivity index (χ1n) is 4.80. The third-order valence-corrected chi connectivity index (χ3v) is 2.45. The molecule has 1 aromatic heterocycles. The van der Waals surface area contributed by atoms with Crippen molar-refractivity contribution < 1.29 is 14.6 Å². The van der Waals surface area contributed by atoms with Gasteiger partial charge in [-0.25, -0.2) is 4.79 Å². The molecule has 0 spiro atoms. The van der Waals surface area contributed by atoms with Gasteiger partial charge in [-0.05, 0) is 25.1 Å². The molecule has 4 nitrogen and oxygen atoms in total. The highest BCUT2D eigenvalue weighted by Crippen LogP contribution is 2.31. The van der Waals surface area contributed by atoms with E-state index in [2.05, 4.69) is 4.98 Å². The number of esters is 1. The molecule has 1 heterocycles. The Morgan fingerprint density at radius 2 is 2.31 bits per heavy atom. The summed E-state index contributed by atoms with van der Waals surface area (Å²) >= 11 is 5.80. The summed E-state index contributed by atoms with van der Waals surface area (Å²) in [4.78, 5) is 14.3. The Morgan fingerprint density at radius 3 is 3.00 bits per heavy atom. The molecule has 0 radical (unpaired) electrons. The zero-order valence-corrected chi connectivity index (χ0v) is 9.34. The maximum Gasteiger partial charge on any atom is 0.358 e. The number of carbonyl (C=O) groups is 1. The van der Waals surface area contributed by atoms with Crippen LogP contribution in [-0.2, 0) is 4.74 Å². The van der Waals surface area contributed by atoms with Crippen molar-refractivity contribution in [3.63, 3.8) is 0 Å². The molecule has 0 amide bonds. The van der Waals surface area contributed by atoms with Crippen molar-refractivity contribution in [3.05, 3.63) is 28.9 Å². The minimum absolute atomic E-state index is 0.0547. The van der Waals surface area contributed by atoms with Crippen molar-refractivity contribution >= 4 is 28.5 Å². The Balaban J connectivity index is 2.56. The van der Waals surface area contributed by atoms with E-state index in [9.17, 15) is 9.90 Å². The number of aromatic amines is 1. The molecular weight excluding hydrogens is 230 g/mol. The summed E-state index contributed by atoms with van der Waals surface area (Å²) in [5.74, 6) is -0.705. The molecule has 0 aliphatic carbocycles. The molecule has 1 aromatic carbocycles. The second kappa shape index (κ2) is 4.06. The van der Waals surface area contributed by atoms with E-state index in [0.717, 1.165) is 0 Å². The molecule has 0 aliphatic rings. The van der Waals surface area contributed by atoms with Gasteiger partial charge >= 0.3 is 5.97 Å². The van der Waals surface area contributed by atoms with Crippen molar-refractivity contribution in [1.29, 1.82) is 0 Å². The fourth-order valence-electron chi connectivity index (χ4n) is 1.50. The van der Waals surface area contributed by atoms with E-state index >= 15 is 0 Å². The number of fused-ring (bicyclic) bond motifs is 1. The number of ether oxygens (including phenoxy) is 1. The molecule has 0 aliphatic heterocycles. The van der Waals surface area contributed by atoms with Gasteiger partial charge in [-0.1, -0.05) is 11.6 Å². The average Bonchev–Trinajstić information content (AvgIpc) is 2.57. The number of hydrogen-bond donors (Lipinski definition) is 2. The number of halogens is 1. The Morgan fingerprint density at radius 1 is 1.56 bits per heavy atom. The highest BCUT2D eigenvalue weighted by atomic mass is 35.5. The number of aromatic nitrogens is 1. The first-order chi connectivity index (χ1) is 7.63. The predicted octanol–water partition coefficient (Wildman–Crippen LogP) is 2.70. The molecule has 84 valence electrons. The smallest absolute Gasteiger partial charge is 0.358 e.